The van der Waals surface area contributed by atoms with E-state index < -0.39 is 42.0 Å². The van der Waals surface area contributed by atoms with Crippen LogP contribution < -0.4 is 16.4 Å². The zero-order valence-electron chi connectivity index (χ0n) is 21.4. The number of alkyl carbamates (subject to hydrolysis) is 1. The Balaban J connectivity index is 3.27. The largest absolute Gasteiger partial charge is 0.444 e. The Morgan fingerprint density at radius 2 is 1.65 bits per heavy atom. The van der Waals surface area contributed by atoms with Gasteiger partial charge in [0.25, 0.3) is 0 Å². The Morgan fingerprint density at radius 1 is 1.06 bits per heavy atom. The molecule has 9 nitrogen and oxygen atoms in total. The van der Waals surface area contributed by atoms with E-state index in [2.05, 4.69) is 10.6 Å². The molecule has 0 aliphatic heterocycles. The van der Waals surface area contributed by atoms with Crippen LogP contribution in [0.4, 0.5) is 4.79 Å². The van der Waals surface area contributed by atoms with Crippen LogP contribution in [-0.4, -0.2) is 53.4 Å². The van der Waals surface area contributed by atoms with Gasteiger partial charge in [0.1, 0.15) is 17.7 Å². The van der Waals surface area contributed by atoms with Crippen molar-refractivity contribution < 1.29 is 23.9 Å². The van der Waals surface area contributed by atoms with Gasteiger partial charge in [-0.25, -0.2) is 4.79 Å². The molecule has 1 aromatic carbocycles. The van der Waals surface area contributed by atoms with E-state index >= 15 is 0 Å². The van der Waals surface area contributed by atoms with E-state index in [9.17, 15) is 19.2 Å². The van der Waals surface area contributed by atoms with Gasteiger partial charge in [-0.3, -0.25) is 14.4 Å². The summed E-state index contributed by atoms with van der Waals surface area (Å²) in [7, 11) is 1.47. The normalized spacial score (nSPS) is 13.9. The third-order valence-electron chi connectivity index (χ3n) is 5.19. The molecule has 0 saturated carbocycles. The number of primary amides is 1. The van der Waals surface area contributed by atoms with E-state index in [-0.39, 0.29) is 11.9 Å². The molecular weight excluding hydrogens is 436 g/mol. The van der Waals surface area contributed by atoms with E-state index in [1.165, 1.54) is 11.9 Å². The zero-order valence-corrected chi connectivity index (χ0v) is 21.4. The summed E-state index contributed by atoms with van der Waals surface area (Å²) in [6.07, 6.45) is 1.23. The maximum Gasteiger partial charge on any atom is 0.408 e. The molecule has 34 heavy (non-hydrogen) atoms. The monoisotopic (exact) mass is 476 g/mol. The molecule has 0 spiro atoms. The standard InChI is InChI=1S/C25H40N4O5/c1-8-10-16(3)27-22(31)21(18-13-11-17(9-2)12-14-18)29(7)23(32)19(15-20(26)30)28-24(33)34-25(4,5)6/h11-14,16,19,21H,8-10,15H2,1-7H3,(H2,26,30)(H,27,31)(H,28,33). The maximum absolute atomic E-state index is 13.4. The first-order valence-corrected chi connectivity index (χ1v) is 11.7. The number of ether oxygens (including phenoxy) is 1. The van der Waals surface area contributed by atoms with Crippen molar-refractivity contribution in [2.45, 2.75) is 91.0 Å². The summed E-state index contributed by atoms with van der Waals surface area (Å²) >= 11 is 0. The molecule has 9 heteroatoms. The fourth-order valence-electron chi connectivity index (χ4n) is 3.54. The first-order valence-electron chi connectivity index (χ1n) is 11.7. The number of amides is 4. The molecule has 4 N–H and O–H groups in total. The highest BCUT2D eigenvalue weighted by molar-refractivity contribution is 5.94. The molecule has 0 fully saturated rings. The van der Waals surface area contributed by atoms with Gasteiger partial charge in [0.2, 0.25) is 17.7 Å². The summed E-state index contributed by atoms with van der Waals surface area (Å²) in [5.41, 5.74) is 6.24. The molecule has 1 aromatic rings. The number of hydrogen-bond acceptors (Lipinski definition) is 5. The van der Waals surface area contributed by atoms with Crippen molar-refractivity contribution in [3.63, 3.8) is 0 Å². The highest BCUT2D eigenvalue weighted by Gasteiger charge is 2.35. The van der Waals surface area contributed by atoms with E-state index in [0.29, 0.717) is 5.56 Å². The molecule has 0 aromatic heterocycles. The molecule has 3 atom stereocenters. The smallest absolute Gasteiger partial charge is 0.408 e. The lowest BCUT2D eigenvalue weighted by Gasteiger charge is -2.32. The minimum absolute atomic E-state index is 0.0836. The fraction of sp³-hybridized carbons (Fsp3) is 0.600. The number of nitrogens with zero attached hydrogens (tertiary/aromatic N) is 1. The van der Waals surface area contributed by atoms with Gasteiger partial charge in [-0.05, 0) is 51.7 Å². The van der Waals surface area contributed by atoms with Crippen LogP contribution in [0.3, 0.4) is 0 Å². The molecule has 0 aliphatic rings. The van der Waals surface area contributed by atoms with E-state index in [1.54, 1.807) is 20.8 Å². The summed E-state index contributed by atoms with van der Waals surface area (Å²) in [5, 5.41) is 5.38. The highest BCUT2D eigenvalue weighted by atomic mass is 16.6. The number of nitrogens with one attached hydrogen (secondary N) is 2. The second-order valence-electron chi connectivity index (χ2n) is 9.51. The summed E-state index contributed by atoms with van der Waals surface area (Å²) in [6, 6.07) is 5.10. The fourth-order valence-corrected chi connectivity index (χ4v) is 3.54. The van der Waals surface area contributed by atoms with Crippen LogP contribution in [-0.2, 0) is 25.5 Å². The number of carbonyl (C=O) groups is 4. The van der Waals surface area contributed by atoms with Gasteiger partial charge >= 0.3 is 6.09 Å². The number of nitrogens with two attached hydrogens (primary N) is 1. The molecule has 3 unspecified atom stereocenters. The Hall–Kier alpha value is -3.10. The number of carbonyl (C=O) groups excluding carboxylic acids is 4. The molecule has 0 radical (unpaired) electrons. The van der Waals surface area contributed by atoms with Crippen molar-refractivity contribution in [2.75, 3.05) is 7.05 Å². The number of rotatable bonds is 11. The van der Waals surface area contributed by atoms with Gasteiger partial charge in [0.05, 0.1) is 6.42 Å². The first kappa shape index (κ1) is 28.9. The van der Waals surface area contributed by atoms with Crippen LogP contribution in [0.25, 0.3) is 0 Å². The molecular formula is C25H40N4O5. The van der Waals surface area contributed by atoms with E-state index in [1.807, 2.05) is 45.0 Å². The summed E-state index contributed by atoms with van der Waals surface area (Å²) in [6.45, 7) is 11.0. The lowest BCUT2D eigenvalue weighted by atomic mass is 10.00. The summed E-state index contributed by atoms with van der Waals surface area (Å²) < 4.78 is 5.23. The average molecular weight is 477 g/mol. The minimum atomic E-state index is -1.28. The van der Waals surface area contributed by atoms with Crippen LogP contribution in [0.1, 0.15) is 78.0 Å². The molecule has 0 saturated heterocycles. The molecule has 0 heterocycles. The summed E-state index contributed by atoms with van der Waals surface area (Å²) in [4.78, 5) is 51.9. The third-order valence-corrected chi connectivity index (χ3v) is 5.19. The van der Waals surface area contributed by atoms with Crippen molar-refractivity contribution in [1.29, 1.82) is 0 Å². The second kappa shape index (κ2) is 13.0. The second-order valence-corrected chi connectivity index (χ2v) is 9.51. The van der Waals surface area contributed by atoms with Crippen LogP contribution in [0.15, 0.2) is 24.3 Å². The van der Waals surface area contributed by atoms with Gasteiger partial charge in [-0.1, -0.05) is 44.5 Å². The van der Waals surface area contributed by atoms with Gasteiger partial charge in [-0.15, -0.1) is 0 Å². The molecule has 1 rings (SSSR count). The molecule has 4 amide bonds. The lowest BCUT2D eigenvalue weighted by molar-refractivity contribution is -0.142. The Morgan fingerprint density at radius 3 is 2.12 bits per heavy atom. The number of hydrogen-bond donors (Lipinski definition) is 3. The Labute approximate surface area is 202 Å². The quantitative estimate of drug-likeness (QED) is 0.452. The van der Waals surface area contributed by atoms with Crippen molar-refractivity contribution in [3.05, 3.63) is 35.4 Å². The lowest BCUT2D eigenvalue weighted by Crippen LogP contribution is -2.53. The van der Waals surface area contributed by atoms with Gasteiger partial charge in [0, 0.05) is 13.1 Å². The van der Waals surface area contributed by atoms with E-state index in [0.717, 1.165) is 24.8 Å². The van der Waals surface area contributed by atoms with Crippen molar-refractivity contribution in [3.8, 4) is 0 Å². The zero-order chi connectivity index (χ0) is 26.1. The van der Waals surface area contributed by atoms with Crippen LogP contribution in [0, 0.1) is 0 Å². The third kappa shape index (κ3) is 9.41. The van der Waals surface area contributed by atoms with Crippen molar-refractivity contribution in [2.24, 2.45) is 5.73 Å². The van der Waals surface area contributed by atoms with Crippen molar-refractivity contribution in [1.82, 2.24) is 15.5 Å². The van der Waals surface area contributed by atoms with E-state index in [4.69, 9.17) is 10.5 Å². The SMILES string of the molecule is CCCC(C)NC(=O)C(c1ccc(CC)cc1)N(C)C(=O)C(CC(N)=O)NC(=O)OC(C)(C)C. The van der Waals surface area contributed by atoms with Crippen LogP contribution >= 0.6 is 0 Å². The van der Waals surface area contributed by atoms with Crippen molar-refractivity contribution >= 4 is 23.8 Å². The Kier molecular flexibility index (Phi) is 11.0. The topological polar surface area (TPSA) is 131 Å². The van der Waals surface area contributed by atoms with Crippen LogP contribution in [0.2, 0.25) is 0 Å². The predicted molar refractivity (Wildman–Crippen MR) is 131 cm³/mol. The van der Waals surface area contributed by atoms with Gasteiger partial charge < -0.3 is 26.0 Å². The molecule has 190 valence electrons. The molecule has 0 aliphatic carbocycles. The van der Waals surface area contributed by atoms with Gasteiger partial charge in [0.15, 0.2) is 0 Å². The number of likely N-dealkylation sites (N-methyl/N-ethyl adjacent to an activating group) is 1. The van der Waals surface area contributed by atoms with Gasteiger partial charge in [-0.2, -0.15) is 0 Å². The Bertz CT molecular complexity index is 848. The average Bonchev–Trinajstić information content (AvgIpc) is 2.71. The van der Waals surface area contributed by atoms with Crippen LogP contribution in [0.5, 0.6) is 0 Å². The number of aryl methyl sites for hydroxylation is 1. The summed E-state index contributed by atoms with van der Waals surface area (Å²) in [5.74, 6) is -1.75. The predicted octanol–water partition coefficient (Wildman–Crippen LogP) is 2.82. The first-order chi connectivity index (χ1) is 15.8. The highest BCUT2D eigenvalue weighted by Crippen LogP contribution is 2.23. The number of benzene rings is 1. The maximum atomic E-state index is 13.4. The molecule has 0 bridgehead atoms. The minimum Gasteiger partial charge on any atom is -0.444 e.